The Hall–Kier alpha value is -1.78. The van der Waals surface area contributed by atoms with E-state index in [2.05, 4.69) is 10.1 Å². The summed E-state index contributed by atoms with van der Waals surface area (Å²) < 4.78 is 13.9. The molecule has 2 rings (SSSR count). The first-order valence-corrected chi connectivity index (χ1v) is 3.70. The van der Waals surface area contributed by atoms with Crippen molar-refractivity contribution in [2.75, 3.05) is 0 Å². The monoisotopic (exact) mass is 179 g/mol. The molecule has 66 valence electrons. The van der Waals surface area contributed by atoms with Gasteiger partial charge in [-0.15, -0.1) is 5.10 Å². The fraction of sp³-hybridized carbons (Fsp3) is 0.125. The second kappa shape index (κ2) is 2.62. The van der Waals surface area contributed by atoms with Crippen LogP contribution in [-0.4, -0.2) is 20.4 Å². The number of carbonyl (C=O) groups excluding carboxylic acids is 1. The molecule has 2 aromatic heterocycles. The number of nitrogens with zero attached hydrogens (tertiary/aromatic N) is 3. The molecule has 0 atom stereocenters. The number of fused-ring (bicyclic) bond motifs is 1. The molecule has 0 spiro atoms. The Morgan fingerprint density at radius 1 is 1.54 bits per heavy atom. The molecule has 0 aliphatic rings. The van der Waals surface area contributed by atoms with Crippen LogP contribution in [0.15, 0.2) is 18.3 Å². The molecule has 2 heterocycles. The second-order valence-corrected chi connectivity index (χ2v) is 2.63. The third kappa shape index (κ3) is 1.18. The molecule has 0 N–H and O–H groups in total. The van der Waals surface area contributed by atoms with Crippen molar-refractivity contribution in [2.24, 2.45) is 0 Å². The molecule has 0 saturated carbocycles. The topological polar surface area (TPSA) is 47.3 Å². The van der Waals surface area contributed by atoms with Gasteiger partial charge in [-0.3, -0.25) is 4.79 Å². The third-order valence-electron chi connectivity index (χ3n) is 1.69. The second-order valence-electron chi connectivity index (χ2n) is 2.63. The van der Waals surface area contributed by atoms with Crippen molar-refractivity contribution in [3.05, 3.63) is 30.0 Å². The van der Waals surface area contributed by atoms with Crippen molar-refractivity contribution in [1.29, 1.82) is 0 Å². The summed E-state index contributed by atoms with van der Waals surface area (Å²) >= 11 is 0. The highest BCUT2D eigenvalue weighted by atomic mass is 19.1. The third-order valence-corrected chi connectivity index (χ3v) is 1.69. The van der Waals surface area contributed by atoms with Gasteiger partial charge < -0.3 is 0 Å². The van der Waals surface area contributed by atoms with Crippen LogP contribution in [0.5, 0.6) is 0 Å². The Bertz CT molecular complexity index is 477. The number of ketones is 1. The lowest BCUT2D eigenvalue weighted by molar-refractivity contribution is 0.101. The van der Waals surface area contributed by atoms with Crippen molar-refractivity contribution in [3.8, 4) is 0 Å². The number of hydrogen-bond acceptors (Lipinski definition) is 3. The lowest BCUT2D eigenvalue weighted by Gasteiger charge is -1.94. The molecule has 13 heavy (non-hydrogen) atoms. The first-order valence-electron chi connectivity index (χ1n) is 3.70. The van der Waals surface area contributed by atoms with Crippen LogP contribution in [0.4, 0.5) is 4.39 Å². The Labute approximate surface area is 73.0 Å². The molecule has 0 saturated heterocycles. The van der Waals surface area contributed by atoms with E-state index in [1.54, 1.807) is 0 Å². The van der Waals surface area contributed by atoms with E-state index >= 15 is 0 Å². The molecule has 0 fully saturated rings. The normalized spacial score (nSPS) is 10.6. The van der Waals surface area contributed by atoms with Gasteiger partial charge in [-0.05, 0) is 12.1 Å². The maximum Gasteiger partial charge on any atom is 0.231 e. The fourth-order valence-corrected chi connectivity index (χ4v) is 1.09. The quantitative estimate of drug-likeness (QED) is 0.615. The number of rotatable bonds is 1. The highest BCUT2D eigenvalue weighted by Gasteiger charge is 2.08. The van der Waals surface area contributed by atoms with Crippen LogP contribution in [0.2, 0.25) is 0 Å². The van der Waals surface area contributed by atoms with Crippen molar-refractivity contribution >= 4 is 11.4 Å². The van der Waals surface area contributed by atoms with Gasteiger partial charge in [0.05, 0.1) is 6.20 Å². The molecule has 5 heteroatoms. The molecule has 0 amide bonds. The molecule has 0 unspecified atom stereocenters. The maximum atomic E-state index is 12.7. The molecule has 0 aromatic carbocycles. The summed E-state index contributed by atoms with van der Waals surface area (Å²) in [7, 11) is 0. The molecular formula is C8H6FN3O. The van der Waals surface area contributed by atoms with Crippen LogP contribution in [0.3, 0.4) is 0 Å². The fourth-order valence-electron chi connectivity index (χ4n) is 1.09. The van der Waals surface area contributed by atoms with E-state index in [-0.39, 0.29) is 11.5 Å². The van der Waals surface area contributed by atoms with Crippen LogP contribution >= 0.6 is 0 Å². The van der Waals surface area contributed by atoms with Gasteiger partial charge in [0.1, 0.15) is 5.69 Å². The van der Waals surface area contributed by atoms with E-state index in [1.165, 1.54) is 29.8 Å². The van der Waals surface area contributed by atoms with E-state index in [9.17, 15) is 9.18 Å². The Morgan fingerprint density at radius 3 is 3.00 bits per heavy atom. The lowest BCUT2D eigenvalue weighted by atomic mass is 10.3. The van der Waals surface area contributed by atoms with Crippen LogP contribution in [0.25, 0.3) is 5.65 Å². The van der Waals surface area contributed by atoms with Gasteiger partial charge >= 0.3 is 0 Å². The molecule has 0 aliphatic heterocycles. The first-order chi connectivity index (χ1) is 6.18. The minimum absolute atomic E-state index is 0.189. The molecule has 0 radical (unpaired) electrons. The number of hydrogen-bond donors (Lipinski definition) is 0. The summed E-state index contributed by atoms with van der Waals surface area (Å²) in [5, 5.41) is 3.52. The summed E-state index contributed by atoms with van der Waals surface area (Å²) in [5.74, 6) is -0.821. The van der Waals surface area contributed by atoms with Gasteiger partial charge in [-0.1, -0.05) is 0 Å². The summed E-state index contributed by atoms with van der Waals surface area (Å²) in [6.07, 6.45) is 1.38. The zero-order valence-corrected chi connectivity index (χ0v) is 6.86. The van der Waals surface area contributed by atoms with E-state index in [0.29, 0.717) is 5.65 Å². The molecule has 0 bridgehead atoms. The number of aromatic nitrogens is 3. The van der Waals surface area contributed by atoms with E-state index < -0.39 is 5.95 Å². The highest BCUT2D eigenvalue weighted by Crippen LogP contribution is 2.05. The predicted molar refractivity (Wildman–Crippen MR) is 42.9 cm³/mol. The number of imidazole rings is 1. The number of Topliss-reactive ketones (excluding diaryl/α,β-unsaturated/α-hetero) is 1. The standard InChI is InChI=1S/C8H6FN3O/c1-5(13)6-4-10-8-3-2-7(9)11-12(6)8/h2-4H,1H3. The van der Waals surface area contributed by atoms with Gasteiger partial charge in [0, 0.05) is 6.92 Å². The first kappa shape index (κ1) is 7.85. The SMILES string of the molecule is CC(=O)c1cnc2ccc(F)nn12. The highest BCUT2D eigenvalue weighted by molar-refractivity contribution is 5.92. The Balaban J connectivity index is 2.79. The van der Waals surface area contributed by atoms with Gasteiger partial charge in [0.15, 0.2) is 11.4 Å². The number of carbonyl (C=O) groups is 1. The Morgan fingerprint density at radius 2 is 2.31 bits per heavy atom. The molecule has 4 nitrogen and oxygen atoms in total. The number of halogens is 1. The zero-order chi connectivity index (χ0) is 9.42. The Kier molecular flexibility index (Phi) is 1.58. The van der Waals surface area contributed by atoms with Gasteiger partial charge in [-0.25, -0.2) is 9.50 Å². The average Bonchev–Trinajstić information content (AvgIpc) is 2.46. The van der Waals surface area contributed by atoms with Crippen molar-refractivity contribution in [1.82, 2.24) is 14.6 Å². The van der Waals surface area contributed by atoms with Crippen LogP contribution in [0, 0.1) is 5.95 Å². The smallest absolute Gasteiger partial charge is 0.231 e. The van der Waals surface area contributed by atoms with Crippen LogP contribution in [0.1, 0.15) is 17.4 Å². The summed E-state index contributed by atoms with van der Waals surface area (Å²) in [5.41, 5.74) is 0.751. The molecule has 2 aromatic rings. The van der Waals surface area contributed by atoms with E-state index in [0.717, 1.165) is 0 Å². The van der Waals surface area contributed by atoms with Crippen molar-refractivity contribution in [3.63, 3.8) is 0 Å². The molecular weight excluding hydrogens is 173 g/mol. The van der Waals surface area contributed by atoms with Crippen LogP contribution in [-0.2, 0) is 0 Å². The van der Waals surface area contributed by atoms with E-state index in [4.69, 9.17) is 0 Å². The minimum atomic E-state index is -0.631. The predicted octanol–water partition coefficient (Wildman–Crippen LogP) is 1.07. The van der Waals surface area contributed by atoms with Crippen LogP contribution < -0.4 is 0 Å². The summed E-state index contributed by atoms with van der Waals surface area (Å²) in [6.45, 7) is 1.38. The lowest BCUT2D eigenvalue weighted by Crippen LogP contribution is -2.03. The summed E-state index contributed by atoms with van der Waals surface area (Å²) in [4.78, 5) is 14.9. The van der Waals surface area contributed by atoms with E-state index in [1.807, 2.05) is 0 Å². The minimum Gasteiger partial charge on any atom is -0.293 e. The van der Waals surface area contributed by atoms with Gasteiger partial charge in [0.25, 0.3) is 0 Å². The van der Waals surface area contributed by atoms with Crippen molar-refractivity contribution in [2.45, 2.75) is 6.92 Å². The van der Waals surface area contributed by atoms with Gasteiger partial charge in [-0.2, -0.15) is 4.39 Å². The van der Waals surface area contributed by atoms with Crippen molar-refractivity contribution < 1.29 is 9.18 Å². The molecule has 0 aliphatic carbocycles. The van der Waals surface area contributed by atoms with Gasteiger partial charge in [0.2, 0.25) is 5.95 Å². The zero-order valence-electron chi connectivity index (χ0n) is 6.86. The summed E-state index contributed by atoms with van der Waals surface area (Å²) in [6, 6.07) is 2.67. The largest absolute Gasteiger partial charge is 0.293 e. The maximum absolute atomic E-state index is 12.7. The average molecular weight is 179 g/mol.